The molecule has 6 nitrogen and oxygen atoms in total. The molecule has 4 rings (SSSR count). The van der Waals surface area contributed by atoms with Gasteiger partial charge in [-0.05, 0) is 36.2 Å². The number of amides is 1. The van der Waals surface area contributed by atoms with E-state index in [1.165, 1.54) is 0 Å². The predicted octanol–water partition coefficient (Wildman–Crippen LogP) is 4.34. The number of esters is 1. The van der Waals surface area contributed by atoms with Gasteiger partial charge in [0.05, 0.1) is 15.6 Å². The summed E-state index contributed by atoms with van der Waals surface area (Å²) in [6, 6.07) is 10.5. The third kappa shape index (κ3) is 3.91. The summed E-state index contributed by atoms with van der Waals surface area (Å²) in [6.07, 6.45) is 0.0753. The number of nitrogens with one attached hydrogen (secondary N) is 1. The van der Waals surface area contributed by atoms with Gasteiger partial charge in [0.2, 0.25) is 12.7 Å². The zero-order valence-electron chi connectivity index (χ0n) is 15.5. The number of allylic oxidation sites excluding steroid dienone is 1. The summed E-state index contributed by atoms with van der Waals surface area (Å²) < 4.78 is 16.2. The fourth-order valence-corrected chi connectivity index (χ4v) is 3.92. The van der Waals surface area contributed by atoms with Gasteiger partial charge < -0.3 is 19.5 Å². The quantitative estimate of drug-likeness (QED) is 0.725. The molecule has 0 spiro atoms. The summed E-state index contributed by atoms with van der Waals surface area (Å²) in [4.78, 5) is 25.0. The number of carbonyl (C=O) groups is 2. The Morgan fingerprint density at radius 2 is 2.00 bits per heavy atom. The van der Waals surface area contributed by atoms with E-state index in [1.54, 1.807) is 43.3 Å². The highest BCUT2D eigenvalue weighted by molar-refractivity contribution is 6.42. The first-order chi connectivity index (χ1) is 13.9. The highest BCUT2D eigenvalue weighted by Gasteiger charge is 2.34. The lowest BCUT2D eigenvalue weighted by molar-refractivity contribution is -0.141. The zero-order chi connectivity index (χ0) is 20.5. The van der Waals surface area contributed by atoms with E-state index in [1.807, 2.05) is 0 Å². The van der Waals surface area contributed by atoms with Gasteiger partial charge in [-0.2, -0.15) is 0 Å². The fraction of sp³-hybridized carbons (Fsp3) is 0.238. The van der Waals surface area contributed by atoms with Crippen molar-refractivity contribution in [1.29, 1.82) is 0 Å². The molecule has 1 atom stereocenters. The molecule has 1 N–H and O–H groups in total. The van der Waals surface area contributed by atoms with Crippen molar-refractivity contribution in [2.75, 3.05) is 6.79 Å². The first-order valence-corrected chi connectivity index (χ1v) is 9.70. The Hall–Kier alpha value is -2.70. The van der Waals surface area contributed by atoms with Crippen LogP contribution in [0, 0.1) is 0 Å². The van der Waals surface area contributed by atoms with Crippen molar-refractivity contribution >= 4 is 35.1 Å². The van der Waals surface area contributed by atoms with Gasteiger partial charge in [-0.25, -0.2) is 4.79 Å². The molecule has 2 aliphatic rings. The molecule has 2 aromatic rings. The van der Waals surface area contributed by atoms with Crippen LogP contribution in [0.1, 0.15) is 30.4 Å². The summed E-state index contributed by atoms with van der Waals surface area (Å²) in [5.41, 5.74) is 2.17. The Labute approximate surface area is 177 Å². The lowest BCUT2D eigenvalue weighted by Gasteiger charge is -2.27. The van der Waals surface area contributed by atoms with Crippen molar-refractivity contribution in [3.8, 4) is 11.5 Å². The summed E-state index contributed by atoms with van der Waals surface area (Å²) in [6.45, 7) is 1.89. The van der Waals surface area contributed by atoms with Gasteiger partial charge >= 0.3 is 5.97 Å². The van der Waals surface area contributed by atoms with Crippen molar-refractivity contribution in [2.45, 2.75) is 25.9 Å². The summed E-state index contributed by atoms with van der Waals surface area (Å²) >= 11 is 12.5. The molecule has 0 fully saturated rings. The van der Waals surface area contributed by atoms with Gasteiger partial charge in [0.25, 0.3) is 0 Å². The van der Waals surface area contributed by atoms with E-state index >= 15 is 0 Å². The second-order valence-electron chi connectivity index (χ2n) is 6.75. The second-order valence-corrected chi connectivity index (χ2v) is 7.54. The van der Waals surface area contributed by atoms with Crippen LogP contribution in [0.5, 0.6) is 11.5 Å². The monoisotopic (exact) mass is 433 g/mol. The second kappa shape index (κ2) is 7.97. The van der Waals surface area contributed by atoms with Crippen LogP contribution >= 0.6 is 23.2 Å². The van der Waals surface area contributed by atoms with Crippen LogP contribution < -0.4 is 14.8 Å². The van der Waals surface area contributed by atoms with E-state index in [-0.39, 0.29) is 25.7 Å². The number of hydrogen-bond donors (Lipinski definition) is 1. The molecule has 150 valence electrons. The first-order valence-electron chi connectivity index (χ1n) is 8.94. The number of ether oxygens (including phenoxy) is 3. The molecule has 8 heteroatoms. The van der Waals surface area contributed by atoms with Crippen molar-refractivity contribution in [3.05, 3.63) is 68.8 Å². The lowest BCUT2D eigenvalue weighted by atomic mass is 9.84. The number of hydrogen-bond acceptors (Lipinski definition) is 5. The minimum absolute atomic E-state index is 0.0518. The number of benzene rings is 2. The Morgan fingerprint density at radius 3 is 2.83 bits per heavy atom. The van der Waals surface area contributed by atoms with Crippen LogP contribution in [0.3, 0.4) is 0 Å². The standard InChI is InChI=1S/C21H17Cl2NO5/c1-11-19(14(8-18(25)24-11)13-3-2-4-15(22)20(13)23)21(26)27-9-12-5-6-16-17(7-12)29-10-28-16/h2-7,14H,8-10H2,1H3,(H,24,25). The topological polar surface area (TPSA) is 73.9 Å². The molecule has 2 aliphatic heterocycles. The van der Waals surface area contributed by atoms with Gasteiger partial charge in [-0.3, -0.25) is 4.79 Å². The molecular formula is C21H17Cl2NO5. The molecule has 29 heavy (non-hydrogen) atoms. The van der Waals surface area contributed by atoms with Gasteiger partial charge in [0.1, 0.15) is 6.61 Å². The molecule has 0 aromatic heterocycles. The Kier molecular flexibility index (Phi) is 5.39. The Balaban J connectivity index is 1.58. The third-order valence-corrected chi connectivity index (χ3v) is 5.69. The summed E-state index contributed by atoms with van der Waals surface area (Å²) in [7, 11) is 0. The van der Waals surface area contributed by atoms with Crippen LogP contribution in [-0.4, -0.2) is 18.7 Å². The van der Waals surface area contributed by atoms with E-state index in [4.69, 9.17) is 37.4 Å². The number of halogens is 2. The Morgan fingerprint density at radius 1 is 1.21 bits per heavy atom. The van der Waals surface area contributed by atoms with Gasteiger partial charge in [-0.15, -0.1) is 0 Å². The molecule has 0 saturated heterocycles. The molecular weight excluding hydrogens is 417 g/mol. The van der Waals surface area contributed by atoms with E-state index in [2.05, 4.69) is 5.32 Å². The summed E-state index contributed by atoms with van der Waals surface area (Å²) in [5, 5.41) is 3.39. The van der Waals surface area contributed by atoms with Crippen molar-refractivity contribution in [2.24, 2.45) is 0 Å². The van der Waals surface area contributed by atoms with E-state index in [0.717, 1.165) is 5.56 Å². The molecule has 0 radical (unpaired) electrons. The van der Waals surface area contributed by atoms with Crippen molar-refractivity contribution < 1.29 is 23.8 Å². The predicted molar refractivity (Wildman–Crippen MR) is 107 cm³/mol. The minimum Gasteiger partial charge on any atom is -0.457 e. The van der Waals surface area contributed by atoms with Crippen LogP contribution in [0.2, 0.25) is 10.0 Å². The SMILES string of the molecule is CC1=C(C(=O)OCc2ccc3c(c2)OCO3)C(c2cccc(Cl)c2Cl)CC(=O)N1. The maximum absolute atomic E-state index is 12.9. The number of fused-ring (bicyclic) bond motifs is 1. The van der Waals surface area contributed by atoms with Crippen molar-refractivity contribution in [1.82, 2.24) is 5.32 Å². The molecule has 2 heterocycles. The zero-order valence-corrected chi connectivity index (χ0v) is 17.0. The maximum atomic E-state index is 12.9. The smallest absolute Gasteiger partial charge is 0.336 e. The van der Waals surface area contributed by atoms with Crippen molar-refractivity contribution in [3.63, 3.8) is 0 Å². The minimum atomic E-state index is -0.542. The van der Waals surface area contributed by atoms with Crippen LogP contribution in [0.25, 0.3) is 0 Å². The van der Waals surface area contributed by atoms with Crippen LogP contribution in [0.4, 0.5) is 0 Å². The van der Waals surface area contributed by atoms with Crippen LogP contribution in [0.15, 0.2) is 47.7 Å². The molecule has 0 saturated carbocycles. The number of rotatable bonds is 4. The maximum Gasteiger partial charge on any atom is 0.336 e. The molecule has 0 aliphatic carbocycles. The van der Waals surface area contributed by atoms with Gasteiger partial charge in [0, 0.05) is 18.0 Å². The lowest BCUT2D eigenvalue weighted by Crippen LogP contribution is -2.34. The van der Waals surface area contributed by atoms with E-state index in [9.17, 15) is 9.59 Å². The summed E-state index contributed by atoms with van der Waals surface area (Å²) in [5.74, 6) is 0.00280. The van der Waals surface area contributed by atoms with Gasteiger partial charge in [-0.1, -0.05) is 41.4 Å². The highest BCUT2D eigenvalue weighted by atomic mass is 35.5. The average molecular weight is 434 g/mol. The number of carbonyl (C=O) groups excluding carboxylic acids is 2. The molecule has 0 bridgehead atoms. The Bertz CT molecular complexity index is 1030. The van der Waals surface area contributed by atoms with E-state index in [0.29, 0.717) is 38.4 Å². The van der Waals surface area contributed by atoms with Gasteiger partial charge in [0.15, 0.2) is 11.5 Å². The normalized spacial score (nSPS) is 17.9. The molecule has 2 aromatic carbocycles. The first kappa shape index (κ1) is 19.6. The fourth-order valence-electron chi connectivity index (χ4n) is 3.48. The third-order valence-electron chi connectivity index (χ3n) is 4.85. The average Bonchev–Trinajstić information content (AvgIpc) is 3.15. The van der Waals surface area contributed by atoms with E-state index < -0.39 is 11.9 Å². The van der Waals surface area contributed by atoms with Crippen LogP contribution in [-0.2, 0) is 20.9 Å². The molecule has 1 unspecified atom stereocenters. The molecule has 1 amide bonds. The largest absolute Gasteiger partial charge is 0.457 e. The highest BCUT2D eigenvalue weighted by Crippen LogP contribution is 2.40.